The Morgan fingerprint density at radius 3 is 2.53 bits per heavy atom. The number of likely N-dealkylation sites (tertiary alicyclic amines) is 1. The number of hydrogen-bond donors (Lipinski definition) is 1. The number of hydrogen-bond acceptors (Lipinski definition) is 2. The fourth-order valence-corrected chi connectivity index (χ4v) is 2.49. The van der Waals surface area contributed by atoms with Gasteiger partial charge < -0.3 is 5.11 Å². The van der Waals surface area contributed by atoms with Gasteiger partial charge in [-0.25, -0.2) is 0 Å². The summed E-state index contributed by atoms with van der Waals surface area (Å²) < 4.78 is 0. The van der Waals surface area contributed by atoms with Crippen LogP contribution in [0.25, 0.3) is 0 Å². The minimum atomic E-state index is -0.147. The van der Waals surface area contributed by atoms with E-state index >= 15 is 0 Å². The zero-order chi connectivity index (χ0) is 10.8. The van der Waals surface area contributed by atoms with Gasteiger partial charge in [0.15, 0.2) is 0 Å². The monoisotopic (exact) mass is 205 g/mol. The fourth-order valence-electron chi connectivity index (χ4n) is 2.49. The molecule has 1 unspecified atom stereocenters. The molecular formula is C13H19NO. The molecule has 15 heavy (non-hydrogen) atoms. The summed E-state index contributed by atoms with van der Waals surface area (Å²) in [6.45, 7) is 5.21. The standard InChI is InChI=1S/C13H19NO/c1-10-8-13(15)9-14(10)11(2)12-6-4-3-5-7-12/h3-7,10-11,13,15H,8-9H2,1-2H3/t10-,11-,13?/m0/s1. The highest BCUT2D eigenvalue weighted by Crippen LogP contribution is 2.28. The van der Waals surface area contributed by atoms with Crippen molar-refractivity contribution in [2.45, 2.75) is 38.5 Å². The number of rotatable bonds is 2. The molecular weight excluding hydrogens is 186 g/mol. The third-order valence-electron chi connectivity index (χ3n) is 3.38. The molecule has 2 rings (SSSR count). The van der Waals surface area contributed by atoms with E-state index in [1.54, 1.807) is 0 Å². The maximum atomic E-state index is 9.62. The van der Waals surface area contributed by atoms with Crippen LogP contribution in [0.15, 0.2) is 30.3 Å². The summed E-state index contributed by atoms with van der Waals surface area (Å²) in [5.41, 5.74) is 1.33. The molecule has 0 saturated carbocycles. The molecule has 1 aliphatic heterocycles. The van der Waals surface area contributed by atoms with Gasteiger partial charge in [-0.1, -0.05) is 30.3 Å². The Balaban J connectivity index is 2.11. The first-order valence-corrected chi connectivity index (χ1v) is 5.67. The van der Waals surface area contributed by atoms with Gasteiger partial charge in [0.2, 0.25) is 0 Å². The predicted molar refractivity (Wildman–Crippen MR) is 61.6 cm³/mol. The molecule has 2 nitrogen and oxygen atoms in total. The molecule has 0 spiro atoms. The van der Waals surface area contributed by atoms with E-state index in [4.69, 9.17) is 0 Å². The summed E-state index contributed by atoms with van der Waals surface area (Å²) in [6.07, 6.45) is 0.753. The summed E-state index contributed by atoms with van der Waals surface area (Å²) in [5.74, 6) is 0. The number of β-amino-alcohol motifs (C(OH)–C–C–N with tert-alkyl or cyclic N) is 1. The molecule has 0 bridgehead atoms. The summed E-state index contributed by atoms with van der Waals surface area (Å²) in [6, 6.07) is 11.4. The Hall–Kier alpha value is -0.860. The second-order valence-electron chi connectivity index (χ2n) is 4.52. The second-order valence-corrected chi connectivity index (χ2v) is 4.52. The lowest BCUT2D eigenvalue weighted by atomic mass is 10.1. The van der Waals surface area contributed by atoms with Gasteiger partial charge in [0.25, 0.3) is 0 Å². The van der Waals surface area contributed by atoms with E-state index in [0.717, 1.165) is 13.0 Å². The Morgan fingerprint density at radius 1 is 1.33 bits per heavy atom. The Bertz CT molecular complexity index is 312. The average molecular weight is 205 g/mol. The minimum Gasteiger partial charge on any atom is -0.392 e. The van der Waals surface area contributed by atoms with Gasteiger partial charge in [-0.15, -0.1) is 0 Å². The number of nitrogens with zero attached hydrogens (tertiary/aromatic N) is 1. The highest BCUT2D eigenvalue weighted by atomic mass is 16.3. The van der Waals surface area contributed by atoms with Crippen molar-refractivity contribution in [3.63, 3.8) is 0 Å². The quantitative estimate of drug-likeness (QED) is 0.800. The van der Waals surface area contributed by atoms with Gasteiger partial charge in [-0.3, -0.25) is 4.90 Å². The van der Waals surface area contributed by atoms with Crippen molar-refractivity contribution >= 4 is 0 Å². The van der Waals surface area contributed by atoms with Crippen molar-refractivity contribution < 1.29 is 5.11 Å². The van der Waals surface area contributed by atoms with Crippen LogP contribution in [-0.2, 0) is 0 Å². The van der Waals surface area contributed by atoms with Crippen LogP contribution in [0.1, 0.15) is 31.9 Å². The van der Waals surface area contributed by atoms with Gasteiger partial charge in [-0.05, 0) is 25.8 Å². The van der Waals surface area contributed by atoms with E-state index in [9.17, 15) is 5.11 Å². The minimum absolute atomic E-state index is 0.147. The summed E-state index contributed by atoms with van der Waals surface area (Å²) >= 11 is 0. The normalized spacial score (nSPS) is 29.3. The van der Waals surface area contributed by atoms with E-state index in [2.05, 4.69) is 43.0 Å². The zero-order valence-corrected chi connectivity index (χ0v) is 9.43. The number of aliphatic hydroxyl groups is 1. The van der Waals surface area contributed by atoms with E-state index in [1.165, 1.54) is 5.56 Å². The topological polar surface area (TPSA) is 23.5 Å². The van der Waals surface area contributed by atoms with Crippen molar-refractivity contribution in [1.29, 1.82) is 0 Å². The molecule has 3 atom stereocenters. The first-order chi connectivity index (χ1) is 7.18. The van der Waals surface area contributed by atoms with E-state index in [-0.39, 0.29) is 6.10 Å². The smallest absolute Gasteiger partial charge is 0.0682 e. The molecule has 0 aliphatic carbocycles. The lowest BCUT2D eigenvalue weighted by Crippen LogP contribution is -2.30. The third-order valence-corrected chi connectivity index (χ3v) is 3.38. The number of aliphatic hydroxyl groups excluding tert-OH is 1. The van der Waals surface area contributed by atoms with Crippen molar-refractivity contribution in [3.8, 4) is 0 Å². The maximum Gasteiger partial charge on any atom is 0.0682 e. The number of benzene rings is 1. The van der Waals surface area contributed by atoms with Crippen molar-refractivity contribution in [2.24, 2.45) is 0 Å². The zero-order valence-electron chi connectivity index (χ0n) is 9.43. The van der Waals surface area contributed by atoms with Gasteiger partial charge in [-0.2, -0.15) is 0 Å². The first-order valence-electron chi connectivity index (χ1n) is 5.67. The maximum absolute atomic E-state index is 9.62. The average Bonchev–Trinajstić information content (AvgIpc) is 2.58. The van der Waals surface area contributed by atoms with Crippen LogP contribution < -0.4 is 0 Å². The highest BCUT2D eigenvalue weighted by Gasteiger charge is 2.31. The Kier molecular flexibility index (Phi) is 3.08. The molecule has 1 aliphatic rings. The molecule has 0 radical (unpaired) electrons. The summed E-state index contributed by atoms with van der Waals surface area (Å²) in [5, 5.41) is 9.62. The van der Waals surface area contributed by atoms with Gasteiger partial charge >= 0.3 is 0 Å². The SMILES string of the molecule is C[C@H]1CC(O)CN1[C@@H](C)c1ccccc1. The molecule has 1 aromatic carbocycles. The van der Waals surface area contributed by atoms with Gasteiger partial charge in [0.05, 0.1) is 6.10 Å². The summed E-state index contributed by atoms with van der Waals surface area (Å²) in [7, 11) is 0. The van der Waals surface area contributed by atoms with Crippen LogP contribution in [0.5, 0.6) is 0 Å². The lowest BCUT2D eigenvalue weighted by Gasteiger charge is -2.28. The third kappa shape index (κ3) is 2.21. The van der Waals surface area contributed by atoms with Crippen LogP contribution in [-0.4, -0.2) is 28.7 Å². The van der Waals surface area contributed by atoms with Crippen LogP contribution in [0.2, 0.25) is 0 Å². The molecule has 1 N–H and O–H groups in total. The van der Waals surface area contributed by atoms with Crippen molar-refractivity contribution in [3.05, 3.63) is 35.9 Å². The summed E-state index contributed by atoms with van der Waals surface area (Å²) in [4.78, 5) is 2.38. The first kappa shape index (κ1) is 10.7. The van der Waals surface area contributed by atoms with E-state index < -0.39 is 0 Å². The molecule has 82 valence electrons. The molecule has 0 aromatic heterocycles. The molecule has 2 heteroatoms. The molecule has 0 amide bonds. The predicted octanol–water partition coefficient (Wildman–Crippen LogP) is 2.20. The van der Waals surface area contributed by atoms with Crippen LogP contribution in [0.3, 0.4) is 0 Å². The Morgan fingerprint density at radius 2 is 2.00 bits per heavy atom. The van der Waals surface area contributed by atoms with Crippen LogP contribution in [0, 0.1) is 0 Å². The molecule has 1 aromatic rings. The van der Waals surface area contributed by atoms with E-state index in [1.807, 2.05) is 6.07 Å². The fraction of sp³-hybridized carbons (Fsp3) is 0.538. The molecule has 1 saturated heterocycles. The lowest BCUT2D eigenvalue weighted by molar-refractivity contribution is 0.156. The van der Waals surface area contributed by atoms with Gasteiger partial charge in [0, 0.05) is 18.6 Å². The van der Waals surface area contributed by atoms with Crippen molar-refractivity contribution in [2.75, 3.05) is 6.54 Å². The Labute approximate surface area is 91.5 Å². The molecule has 1 heterocycles. The highest BCUT2D eigenvalue weighted by molar-refractivity contribution is 5.18. The second kappa shape index (κ2) is 4.33. The molecule has 1 fully saturated rings. The van der Waals surface area contributed by atoms with Crippen LogP contribution in [0.4, 0.5) is 0 Å². The van der Waals surface area contributed by atoms with Crippen LogP contribution >= 0.6 is 0 Å². The largest absolute Gasteiger partial charge is 0.392 e. The van der Waals surface area contributed by atoms with Gasteiger partial charge in [0.1, 0.15) is 0 Å². The van der Waals surface area contributed by atoms with Crippen molar-refractivity contribution in [1.82, 2.24) is 4.90 Å². The van der Waals surface area contributed by atoms with E-state index in [0.29, 0.717) is 12.1 Å².